The minimum Gasteiger partial charge on any atom is -0.388 e. The van der Waals surface area contributed by atoms with Gasteiger partial charge in [-0.25, -0.2) is 0 Å². The fourth-order valence-corrected chi connectivity index (χ4v) is 2.78. The van der Waals surface area contributed by atoms with E-state index in [1.54, 1.807) is 11.9 Å². The number of nitrogens with zero attached hydrogens (tertiary/aromatic N) is 1. The van der Waals surface area contributed by atoms with Crippen LogP contribution in [0.3, 0.4) is 0 Å². The summed E-state index contributed by atoms with van der Waals surface area (Å²) in [5, 5.41) is 12.9. The number of hydrogen-bond acceptors (Lipinski definition) is 3. The quantitative estimate of drug-likeness (QED) is 0.731. The molecule has 5 nitrogen and oxygen atoms in total. The summed E-state index contributed by atoms with van der Waals surface area (Å²) in [4.78, 5) is 24.6. The highest BCUT2D eigenvalue weighted by atomic mass is 16.3. The second-order valence-electron chi connectivity index (χ2n) is 5.28. The zero-order valence-electron chi connectivity index (χ0n) is 10.2. The first-order valence-electron chi connectivity index (χ1n) is 6.27. The molecule has 2 amide bonds. The van der Waals surface area contributed by atoms with E-state index in [-0.39, 0.29) is 11.8 Å². The molecule has 1 aliphatic heterocycles. The van der Waals surface area contributed by atoms with Crippen LogP contribution in [-0.2, 0) is 9.59 Å². The molecule has 0 aromatic rings. The van der Waals surface area contributed by atoms with Crippen LogP contribution >= 0.6 is 0 Å². The lowest BCUT2D eigenvalue weighted by atomic mass is 10.0. The fourth-order valence-electron chi connectivity index (χ4n) is 2.78. The van der Waals surface area contributed by atoms with Crippen molar-refractivity contribution < 1.29 is 14.7 Å². The molecular formula is C12H20N2O3. The largest absolute Gasteiger partial charge is 0.388 e. The summed E-state index contributed by atoms with van der Waals surface area (Å²) < 4.78 is 0. The molecule has 2 rings (SSSR count). The zero-order valence-corrected chi connectivity index (χ0v) is 10.2. The van der Waals surface area contributed by atoms with Crippen molar-refractivity contribution in [2.24, 2.45) is 0 Å². The standard InChI is InChI=1S/C12H20N2O3/c1-14(8-12(17)6-2-3-7-12)11(16)9-4-5-10(15)13-9/h9,17H,2-8H2,1H3,(H,13,15)/t9-/m0/s1. The van der Waals surface area contributed by atoms with Crippen LogP contribution in [0.25, 0.3) is 0 Å². The first-order chi connectivity index (χ1) is 8.00. The number of aliphatic hydroxyl groups is 1. The van der Waals surface area contributed by atoms with Gasteiger partial charge in [0.1, 0.15) is 6.04 Å². The molecule has 2 aliphatic rings. The average molecular weight is 240 g/mol. The zero-order chi connectivity index (χ0) is 12.5. The average Bonchev–Trinajstić information content (AvgIpc) is 2.86. The van der Waals surface area contributed by atoms with E-state index in [4.69, 9.17) is 0 Å². The van der Waals surface area contributed by atoms with E-state index in [2.05, 4.69) is 5.32 Å². The van der Waals surface area contributed by atoms with Gasteiger partial charge in [0.25, 0.3) is 0 Å². The number of amides is 2. The van der Waals surface area contributed by atoms with Crippen molar-refractivity contribution in [3.63, 3.8) is 0 Å². The van der Waals surface area contributed by atoms with E-state index in [1.165, 1.54) is 0 Å². The number of likely N-dealkylation sites (N-methyl/N-ethyl adjacent to an activating group) is 1. The maximum Gasteiger partial charge on any atom is 0.245 e. The molecule has 1 heterocycles. The van der Waals surface area contributed by atoms with Gasteiger partial charge in [0.15, 0.2) is 0 Å². The van der Waals surface area contributed by atoms with Crippen molar-refractivity contribution in [2.45, 2.75) is 50.2 Å². The number of carbonyl (C=O) groups excluding carboxylic acids is 2. The Hall–Kier alpha value is -1.10. The molecule has 96 valence electrons. The molecule has 0 radical (unpaired) electrons. The molecule has 0 unspecified atom stereocenters. The summed E-state index contributed by atoms with van der Waals surface area (Å²) in [5.74, 6) is -0.146. The Kier molecular flexibility index (Phi) is 3.38. The molecule has 17 heavy (non-hydrogen) atoms. The smallest absolute Gasteiger partial charge is 0.245 e. The van der Waals surface area contributed by atoms with Crippen molar-refractivity contribution >= 4 is 11.8 Å². The highest BCUT2D eigenvalue weighted by Crippen LogP contribution is 2.30. The summed E-state index contributed by atoms with van der Waals surface area (Å²) >= 11 is 0. The van der Waals surface area contributed by atoms with E-state index >= 15 is 0 Å². The topological polar surface area (TPSA) is 69.6 Å². The third-order valence-electron chi connectivity index (χ3n) is 3.74. The minimum atomic E-state index is -0.715. The maximum absolute atomic E-state index is 12.0. The Morgan fingerprint density at radius 3 is 2.71 bits per heavy atom. The van der Waals surface area contributed by atoms with E-state index in [0.29, 0.717) is 19.4 Å². The van der Waals surface area contributed by atoms with Crippen molar-refractivity contribution in [1.29, 1.82) is 0 Å². The van der Waals surface area contributed by atoms with Crippen LogP contribution in [0.5, 0.6) is 0 Å². The molecule has 5 heteroatoms. The van der Waals surface area contributed by atoms with Crippen molar-refractivity contribution in [2.75, 3.05) is 13.6 Å². The van der Waals surface area contributed by atoms with Gasteiger partial charge in [-0.1, -0.05) is 12.8 Å². The Balaban J connectivity index is 1.89. The molecule has 2 N–H and O–H groups in total. The van der Waals surface area contributed by atoms with Gasteiger partial charge in [-0.15, -0.1) is 0 Å². The normalized spacial score (nSPS) is 26.9. The monoisotopic (exact) mass is 240 g/mol. The SMILES string of the molecule is CN(CC1(O)CCCC1)C(=O)[C@@H]1CCC(=O)N1. The Morgan fingerprint density at radius 1 is 1.53 bits per heavy atom. The van der Waals surface area contributed by atoms with Crippen LogP contribution in [0.15, 0.2) is 0 Å². The predicted molar refractivity (Wildman–Crippen MR) is 62.2 cm³/mol. The maximum atomic E-state index is 12.0. The Bertz CT molecular complexity index is 324. The van der Waals surface area contributed by atoms with E-state index in [9.17, 15) is 14.7 Å². The lowest BCUT2D eigenvalue weighted by Crippen LogP contribution is -2.48. The van der Waals surface area contributed by atoms with Crippen LogP contribution in [0.1, 0.15) is 38.5 Å². The highest BCUT2D eigenvalue weighted by molar-refractivity contribution is 5.90. The van der Waals surface area contributed by atoms with Gasteiger partial charge >= 0.3 is 0 Å². The van der Waals surface area contributed by atoms with Crippen molar-refractivity contribution in [3.8, 4) is 0 Å². The minimum absolute atomic E-state index is 0.0590. The van der Waals surface area contributed by atoms with Gasteiger partial charge in [0, 0.05) is 20.0 Å². The molecule has 1 atom stereocenters. The van der Waals surface area contributed by atoms with Gasteiger partial charge in [-0.2, -0.15) is 0 Å². The van der Waals surface area contributed by atoms with Gasteiger partial charge in [0.05, 0.1) is 5.60 Å². The second-order valence-corrected chi connectivity index (χ2v) is 5.28. The van der Waals surface area contributed by atoms with E-state index in [1.807, 2.05) is 0 Å². The molecule has 2 fully saturated rings. The van der Waals surface area contributed by atoms with Crippen molar-refractivity contribution in [1.82, 2.24) is 10.2 Å². The van der Waals surface area contributed by atoms with Crippen LogP contribution < -0.4 is 5.32 Å². The van der Waals surface area contributed by atoms with Crippen LogP contribution in [0, 0.1) is 0 Å². The summed E-state index contributed by atoms with van der Waals surface area (Å²) in [6.07, 6.45) is 4.58. The first kappa shape index (κ1) is 12.4. The third-order valence-corrected chi connectivity index (χ3v) is 3.74. The van der Waals surface area contributed by atoms with Crippen molar-refractivity contribution in [3.05, 3.63) is 0 Å². The predicted octanol–water partition coefficient (Wildman–Crippen LogP) is 0.0285. The summed E-state index contributed by atoms with van der Waals surface area (Å²) in [6.45, 7) is 0.373. The number of rotatable bonds is 3. The molecular weight excluding hydrogens is 220 g/mol. The molecule has 0 aromatic carbocycles. The number of carbonyl (C=O) groups is 2. The Labute approximate surface area is 101 Å². The molecule has 1 saturated heterocycles. The number of nitrogens with one attached hydrogen (secondary N) is 1. The van der Waals surface area contributed by atoms with Gasteiger partial charge in [0.2, 0.25) is 11.8 Å². The van der Waals surface area contributed by atoms with E-state index < -0.39 is 11.6 Å². The lowest BCUT2D eigenvalue weighted by molar-refractivity contribution is -0.136. The first-order valence-corrected chi connectivity index (χ1v) is 6.27. The van der Waals surface area contributed by atoms with E-state index in [0.717, 1.165) is 25.7 Å². The molecule has 1 aliphatic carbocycles. The summed E-state index contributed by atoms with van der Waals surface area (Å²) in [5.41, 5.74) is -0.715. The number of hydrogen-bond donors (Lipinski definition) is 2. The lowest BCUT2D eigenvalue weighted by Gasteiger charge is -2.30. The Morgan fingerprint density at radius 2 is 2.18 bits per heavy atom. The summed E-state index contributed by atoms with van der Waals surface area (Å²) in [7, 11) is 1.70. The highest BCUT2D eigenvalue weighted by Gasteiger charge is 2.36. The van der Waals surface area contributed by atoms with Crippen LogP contribution in [-0.4, -0.2) is 47.1 Å². The van der Waals surface area contributed by atoms with Crippen LogP contribution in [0.4, 0.5) is 0 Å². The van der Waals surface area contributed by atoms with Gasteiger partial charge in [-0.3, -0.25) is 9.59 Å². The van der Waals surface area contributed by atoms with Gasteiger partial charge in [-0.05, 0) is 19.3 Å². The molecule has 1 saturated carbocycles. The summed E-state index contributed by atoms with van der Waals surface area (Å²) in [6, 6.07) is -0.391. The van der Waals surface area contributed by atoms with Gasteiger partial charge < -0.3 is 15.3 Å². The molecule has 0 spiro atoms. The molecule has 0 aromatic heterocycles. The second kappa shape index (κ2) is 4.64. The fraction of sp³-hybridized carbons (Fsp3) is 0.833. The van der Waals surface area contributed by atoms with Crippen LogP contribution in [0.2, 0.25) is 0 Å². The third kappa shape index (κ3) is 2.77. The molecule has 0 bridgehead atoms.